The standard InChI is InChI=1S/C15H18ClNO4/c1-2-21-14(18)13-9-17(15(19)20)8-7-12(13)10-3-5-11(16)6-4-10/h3-6,12-13H,2,7-9H2,1H3,(H,19,20)/p-1. The summed E-state index contributed by atoms with van der Waals surface area (Å²) in [4.78, 5) is 24.3. The molecular formula is C15H17ClNO4-. The van der Waals surface area contributed by atoms with Gasteiger partial charge in [0, 0.05) is 24.0 Å². The number of rotatable bonds is 3. The lowest BCUT2D eigenvalue weighted by Gasteiger charge is -2.38. The Bertz CT molecular complexity index is 517. The van der Waals surface area contributed by atoms with E-state index in [0.29, 0.717) is 18.0 Å². The van der Waals surface area contributed by atoms with Gasteiger partial charge in [-0.3, -0.25) is 4.79 Å². The quantitative estimate of drug-likeness (QED) is 0.796. The number of ether oxygens (including phenoxy) is 1. The van der Waals surface area contributed by atoms with E-state index in [2.05, 4.69) is 0 Å². The molecule has 0 spiro atoms. The van der Waals surface area contributed by atoms with Crippen molar-refractivity contribution in [3.8, 4) is 0 Å². The Morgan fingerprint density at radius 2 is 2.05 bits per heavy atom. The van der Waals surface area contributed by atoms with Crippen molar-refractivity contribution in [1.82, 2.24) is 4.90 Å². The number of amides is 1. The molecule has 1 amide bonds. The van der Waals surface area contributed by atoms with Crippen LogP contribution in [-0.2, 0) is 9.53 Å². The summed E-state index contributed by atoms with van der Waals surface area (Å²) in [7, 11) is 0. The second kappa shape index (κ2) is 6.80. The summed E-state index contributed by atoms with van der Waals surface area (Å²) in [6.07, 6.45) is -0.696. The molecule has 1 saturated heterocycles. The van der Waals surface area contributed by atoms with Crippen molar-refractivity contribution in [3.05, 3.63) is 34.9 Å². The summed E-state index contributed by atoms with van der Waals surface area (Å²) < 4.78 is 5.08. The minimum Gasteiger partial charge on any atom is -0.530 e. The Labute approximate surface area is 128 Å². The van der Waals surface area contributed by atoms with Crippen molar-refractivity contribution in [3.63, 3.8) is 0 Å². The molecular weight excluding hydrogens is 294 g/mol. The Hall–Kier alpha value is -1.75. The highest BCUT2D eigenvalue weighted by Gasteiger charge is 2.36. The van der Waals surface area contributed by atoms with Crippen LogP contribution in [0.3, 0.4) is 0 Å². The molecule has 1 heterocycles. The van der Waals surface area contributed by atoms with Crippen molar-refractivity contribution < 1.29 is 19.4 Å². The number of carbonyl (C=O) groups excluding carboxylic acids is 2. The number of hydrogen-bond acceptors (Lipinski definition) is 4. The molecule has 2 atom stereocenters. The molecule has 0 N–H and O–H groups in total. The summed E-state index contributed by atoms with van der Waals surface area (Å²) in [6.45, 7) is 2.46. The first kappa shape index (κ1) is 15.6. The predicted octanol–water partition coefficient (Wildman–Crippen LogP) is 1.65. The van der Waals surface area contributed by atoms with Gasteiger partial charge in [-0.1, -0.05) is 23.7 Å². The van der Waals surface area contributed by atoms with Crippen molar-refractivity contribution in [2.24, 2.45) is 5.92 Å². The van der Waals surface area contributed by atoms with E-state index >= 15 is 0 Å². The third-order valence-electron chi connectivity index (χ3n) is 3.76. The van der Waals surface area contributed by atoms with Gasteiger partial charge in [-0.2, -0.15) is 0 Å². The van der Waals surface area contributed by atoms with Crippen LogP contribution in [0.1, 0.15) is 24.8 Å². The van der Waals surface area contributed by atoms with Gasteiger partial charge in [0.25, 0.3) is 0 Å². The molecule has 0 radical (unpaired) electrons. The molecule has 6 heteroatoms. The maximum atomic E-state index is 12.1. The maximum Gasteiger partial charge on any atom is 0.311 e. The Kier molecular flexibility index (Phi) is 5.07. The Balaban J connectivity index is 2.23. The van der Waals surface area contributed by atoms with Gasteiger partial charge in [0.15, 0.2) is 0 Å². The summed E-state index contributed by atoms with van der Waals surface area (Å²) >= 11 is 5.88. The highest BCUT2D eigenvalue weighted by molar-refractivity contribution is 6.30. The molecule has 1 aliphatic heterocycles. The van der Waals surface area contributed by atoms with Gasteiger partial charge < -0.3 is 19.5 Å². The van der Waals surface area contributed by atoms with Gasteiger partial charge in [0.1, 0.15) is 6.09 Å². The normalized spacial score (nSPS) is 21.9. The van der Waals surface area contributed by atoms with Gasteiger partial charge in [0.2, 0.25) is 0 Å². The number of carbonyl (C=O) groups is 2. The van der Waals surface area contributed by atoms with Gasteiger partial charge in [-0.25, -0.2) is 0 Å². The molecule has 114 valence electrons. The van der Waals surface area contributed by atoms with Crippen LogP contribution in [0.2, 0.25) is 5.02 Å². The van der Waals surface area contributed by atoms with Crippen LogP contribution in [-0.4, -0.2) is 36.7 Å². The largest absolute Gasteiger partial charge is 0.530 e. The zero-order chi connectivity index (χ0) is 15.4. The van der Waals surface area contributed by atoms with Crippen LogP contribution >= 0.6 is 11.6 Å². The average molecular weight is 311 g/mol. The second-order valence-corrected chi connectivity index (χ2v) is 5.45. The van der Waals surface area contributed by atoms with Crippen LogP contribution < -0.4 is 5.11 Å². The number of esters is 1. The van der Waals surface area contributed by atoms with Crippen LogP contribution in [0.5, 0.6) is 0 Å². The molecule has 0 bridgehead atoms. The minimum atomic E-state index is -1.25. The second-order valence-electron chi connectivity index (χ2n) is 5.02. The summed E-state index contributed by atoms with van der Waals surface area (Å²) in [5.41, 5.74) is 0.968. The molecule has 0 aliphatic carbocycles. The van der Waals surface area contributed by atoms with Gasteiger partial charge in [-0.05, 0) is 31.0 Å². The van der Waals surface area contributed by atoms with Crippen molar-refractivity contribution in [1.29, 1.82) is 0 Å². The summed E-state index contributed by atoms with van der Waals surface area (Å²) in [5, 5.41) is 11.6. The lowest BCUT2D eigenvalue weighted by Crippen LogP contribution is -2.50. The number of likely N-dealkylation sites (tertiary alicyclic amines) is 1. The van der Waals surface area contributed by atoms with E-state index < -0.39 is 12.0 Å². The third-order valence-corrected chi connectivity index (χ3v) is 4.01. The third kappa shape index (κ3) is 3.67. The zero-order valence-electron chi connectivity index (χ0n) is 11.8. The zero-order valence-corrected chi connectivity index (χ0v) is 12.5. The number of hydrogen-bond donors (Lipinski definition) is 0. The van der Waals surface area contributed by atoms with Crippen LogP contribution in [0.25, 0.3) is 0 Å². The number of benzene rings is 1. The average Bonchev–Trinajstić information content (AvgIpc) is 2.47. The lowest BCUT2D eigenvalue weighted by atomic mass is 9.80. The van der Waals surface area contributed by atoms with E-state index in [-0.39, 0.29) is 25.0 Å². The van der Waals surface area contributed by atoms with E-state index in [0.717, 1.165) is 10.5 Å². The first-order chi connectivity index (χ1) is 10.0. The molecule has 1 aromatic carbocycles. The SMILES string of the molecule is CCOC(=O)C1CN(C(=O)[O-])CCC1c1ccc(Cl)cc1. The fourth-order valence-electron chi connectivity index (χ4n) is 2.71. The smallest absolute Gasteiger partial charge is 0.311 e. The van der Waals surface area contributed by atoms with E-state index in [1.54, 1.807) is 19.1 Å². The summed E-state index contributed by atoms with van der Waals surface area (Å²) in [5.74, 6) is -0.960. The van der Waals surface area contributed by atoms with E-state index in [1.807, 2.05) is 12.1 Å². The van der Waals surface area contributed by atoms with Crippen molar-refractivity contribution in [2.75, 3.05) is 19.7 Å². The lowest BCUT2D eigenvalue weighted by molar-refractivity contribution is -0.267. The van der Waals surface area contributed by atoms with Crippen LogP contribution in [0.4, 0.5) is 4.79 Å². The predicted molar refractivity (Wildman–Crippen MR) is 75.9 cm³/mol. The molecule has 21 heavy (non-hydrogen) atoms. The first-order valence-electron chi connectivity index (χ1n) is 6.91. The molecule has 2 unspecified atom stereocenters. The molecule has 1 aliphatic rings. The molecule has 0 saturated carbocycles. The van der Waals surface area contributed by atoms with Crippen molar-refractivity contribution in [2.45, 2.75) is 19.3 Å². The van der Waals surface area contributed by atoms with E-state index in [4.69, 9.17) is 16.3 Å². The van der Waals surface area contributed by atoms with Crippen LogP contribution in [0.15, 0.2) is 24.3 Å². The maximum absolute atomic E-state index is 12.1. The number of piperidine rings is 1. The fraction of sp³-hybridized carbons (Fsp3) is 0.467. The van der Waals surface area contributed by atoms with Gasteiger partial charge >= 0.3 is 5.97 Å². The van der Waals surface area contributed by atoms with Crippen LogP contribution in [0, 0.1) is 5.92 Å². The minimum absolute atomic E-state index is 0.0723. The molecule has 2 rings (SSSR count). The fourth-order valence-corrected chi connectivity index (χ4v) is 2.84. The topological polar surface area (TPSA) is 69.7 Å². The number of carboxylic acid groups (broad SMARTS) is 1. The van der Waals surface area contributed by atoms with Gasteiger partial charge in [-0.15, -0.1) is 0 Å². The highest BCUT2D eigenvalue weighted by Crippen LogP contribution is 2.34. The Morgan fingerprint density at radius 1 is 1.38 bits per heavy atom. The number of nitrogens with zero attached hydrogens (tertiary/aromatic N) is 1. The van der Waals surface area contributed by atoms with E-state index in [9.17, 15) is 14.7 Å². The van der Waals surface area contributed by atoms with Gasteiger partial charge in [0.05, 0.1) is 12.5 Å². The molecule has 1 fully saturated rings. The molecule has 0 aromatic heterocycles. The summed E-state index contributed by atoms with van der Waals surface area (Å²) in [6, 6.07) is 7.27. The first-order valence-corrected chi connectivity index (χ1v) is 7.28. The highest BCUT2D eigenvalue weighted by atomic mass is 35.5. The monoisotopic (exact) mass is 310 g/mol. The number of halogens is 1. The molecule has 5 nitrogen and oxygen atoms in total. The van der Waals surface area contributed by atoms with E-state index in [1.165, 1.54) is 0 Å². The molecule has 1 aromatic rings. The van der Waals surface area contributed by atoms with Crippen molar-refractivity contribution >= 4 is 23.7 Å². The Morgan fingerprint density at radius 3 is 2.62 bits per heavy atom.